The van der Waals surface area contributed by atoms with E-state index in [0.717, 1.165) is 25.7 Å². The van der Waals surface area contributed by atoms with Gasteiger partial charge in [0.1, 0.15) is 6.10 Å². The molecule has 4 nitrogen and oxygen atoms in total. The Morgan fingerprint density at radius 1 is 1.30 bits per heavy atom. The Morgan fingerprint density at radius 2 is 2.00 bits per heavy atom. The SMILES string of the molecule is CC(=O)OC1CC(C)=C2C1CCC[C@H]2/C=C(\C)C(=O)O. The molecule has 0 heterocycles. The number of rotatable bonds is 3. The first kappa shape index (κ1) is 14.8. The molecule has 0 radical (unpaired) electrons. The number of ether oxygens (including phenoxy) is 1. The van der Waals surface area contributed by atoms with Crippen LogP contribution in [0.3, 0.4) is 0 Å². The highest BCUT2D eigenvalue weighted by Gasteiger charge is 2.40. The van der Waals surface area contributed by atoms with Crippen molar-refractivity contribution >= 4 is 11.9 Å². The molecule has 1 N–H and O–H groups in total. The summed E-state index contributed by atoms with van der Waals surface area (Å²) in [4.78, 5) is 22.2. The number of hydrogen-bond donors (Lipinski definition) is 1. The molecule has 20 heavy (non-hydrogen) atoms. The maximum absolute atomic E-state index is 11.2. The lowest BCUT2D eigenvalue weighted by Gasteiger charge is -2.31. The first-order valence-corrected chi connectivity index (χ1v) is 7.18. The largest absolute Gasteiger partial charge is 0.478 e. The van der Waals surface area contributed by atoms with Crippen molar-refractivity contribution < 1.29 is 19.4 Å². The van der Waals surface area contributed by atoms with E-state index < -0.39 is 5.97 Å². The molecule has 0 bridgehead atoms. The molecule has 1 saturated carbocycles. The van der Waals surface area contributed by atoms with Crippen LogP contribution >= 0.6 is 0 Å². The second kappa shape index (κ2) is 5.81. The molecule has 0 saturated heterocycles. The van der Waals surface area contributed by atoms with Crippen LogP contribution in [-0.2, 0) is 14.3 Å². The predicted octanol–water partition coefficient (Wildman–Crippen LogP) is 3.09. The van der Waals surface area contributed by atoms with E-state index in [4.69, 9.17) is 9.84 Å². The Bertz CT molecular complexity index is 487. The molecule has 2 unspecified atom stereocenters. The van der Waals surface area contributed by atoms with E-state index in [2.05, 4.69) is 6.92 Å². The molecule has 1 fully saturated rings. The number of carboxylic acid groups (broad SMARTS) is 1. The van der Waals surface area contributed by atoms with Crippen LogP contribution < -0.4 is 0 Å². The van der Waals surface area contributed by atoms with Crippen molar-refractivity contribution in [2.45, 2.75) is 52.6 Å². The summed E-state index contributed by atoms with van der Waals surface area (Å²) in [5.41, 5.74) is 2.97. The number of fused-ring (bicyclic) bond motifs is 1. The summed E-state index contributed by atoms with van der Waals surface area (Å²) in [6.45, 7) is 5.16. The highest BCUT2D eigenvalue weighted by molar-refractivity contribution is 5.85. The summed E-state index contributed by atoms with van der Waals surface area (Å²) in [5, 5.41) is 9.04. The van der Waals surface area contributed by atoms with E-state index in [1.165, 1.54) is 18.1 Å². The fourth-order valence-electron chi connectivity index (χ4n) is 3.61. The number of allylic oxidation sites excluding steroid dienone is 1. The van der Waals surface area contributed by atoms with Crippen molar-refractivity contribution in [1.29, 1.82) is 0 Å². The summed E-state index contributed by atoms with van der Waals surface area (Å²) in [5.74, 6) is -0.635. The van der Waals surface area contributed by atoms with Crippen LogP contribution in [0.15, 0.2) is 22.8 Å². The lowest BCUT2D eigenvalue weighted by Crippen LogP contribution is -2.27. The van der Waals surface area contributed by atoms with E-state index in [0.29, 0.717) is 5.57 Å². The molecular weight excluding hydrogens is 256 g/mol. The highest BCUT2D eigenvalue weighted by atomic mass is 16.5. The van der Waals surface area contributed by atoms with Gasteiger partial charge in [0.2, 0.25) is 0 Å². The van der Waals surface area contributed by atoms with Gasteiger partial charge in [0.25, 0.3) is 0 Å². The quantitative estimate of drug-likeness (QED) is 0.489. The zero-order chi connectivity index (χ0) is 14.9. The molecule has 2 rings (SSSR count). The lowest BCUT2D eigenvalue weighted by atomic mass is 9.76. The van der Waals surface area contributed by atoms with Crippen molar-refractivity contribution in [3.8, 4) is 0 Å². The normalized spacial score (nSPS) is 30.1. The molecule has 2 aliphatic rings. The highest BCUT2D eigenvalue weighted by Crippen LogP contribution is 2.46. The van der Waals surface area contributed by atoms with Crippen molar-refractivity contribution in [3.63, 3.8) is 0 Å². The lowest BCUT2D eigenvalue weighted by molar-refractivity contribution is -0.148. The zero-order valence-corrected chi connectivity index (χ0v) is 12.3. The summed E-state index contributed by atoms with van der Waals surface area (Å²) in [6.07, 6.45) is 5.66. The summed E-state index contributed by atoms with van der Waals surface area (Å²) in [7, 11) is 0. The van der Waals surface area contributed by atoms with Crippen molar-refractivity contribution in [3.05, 3.63) is 22.8 Å². The van der Waals surface area contributed by atoms with Gasteiger partial charge in [-0.3, -0.25) is 4.79 Å². The van der Waals surface area contributed by atoms with Gasteiger partial charge < -0.3 is 9.84 Å². The molecule has 0 aromatic heterocycles. The van der Waals surface area contributed by atoms with Crippen LogP contribution in [0.5, 0.6) is 0 Å². The van der Waals surface area contributed by atoms with Crippen molar-refractivity contribution in [1.82, 2.24) is 0 Å². The summed E-state index contributed by atoms with van der Waals surface area (Å²) >= 11 is 0. The average Bonchev–Trinajstić information content (AvgIpc) is 2.66. The van der Waals surface area contributed by atoms with E-state index >= 15 is 0 Å². The monoisotopic (exact) mass is 278 g/mol. The molecular formula is C16H22O4. The van der Waals surface area contributed by atoms with Gasteiger partial charge in [-0.2, -0.15) is 0 Å². The minimum atomic E-state index is -0.861. The second-order valence-corrected chi connectivity index (χ2v) is 5.89. The van der Waals surface area contributed by atoms with Gasteiger partial charge in [-0.15, -0.1) is 0 Å². The topological polar surface area (TPSA) is 63.6 Å². The average molecular weight is 278 g/mol. The molecule has 0 aliphatic heterocycles. The first-order chi connectivity index (χ1) is 9.40. The maximum Gasteiger partial charge on any atom is 0.330 e. The van der Waals surface area contributed by atoms with Gasteiger partial charge in [0.05, 0.1) is 0 Å². The van der Waals surface area contributed by atoms with E-state index in [-0.39, 0.29) is 23.9 Å². The molecule has 0 aromatic carbocycles. The van der Waals surface area contributed by atoms with Crippen LogP contribution in [0, 0.1) is 11.8 Å². The molecule has 2 aliphatic carbocycles. The Morgan fingerprint density at radius 3 is 2.60 bits per heavy atom. The maximum atomic E-state index is 11.2. The molecule has 4 heteroatoms. The van der Waals surface area contributed by atoms with Gasteiger partial charge in [-0.05, 0) is 32.6 Å². The zero-order valence-electron chi connectivity index (χ0n) is 12.3. The number of carbonyl (C=O) groups is 2. The fraction of sp³-hybridized carbons (Fsp3) is 0.625. The minimum Gasteiger partial charge on any atom is -0.478 e. The molecule has 0 amide bonds. The van der Waals surface area contributed by atoms with Gasteiger partial charge in [-0.25, -0.2) is 4.79 Å². The number of carboxylic acids is 1. The third-order valence-electron chi connectivity index (χ3n) is 4.38. The van der Waals surface area contributed by atoms with Crippen LogP contribution in [-0.4, -0.2) is 23.1 Å². The molecule has 0 aromatic rings. The smallest absolute Gasteiger partial charge is 0.330 e. The summed E-state index contributed by atoms with van der Waals surface area (Å²) in [6, 6.07) is 0. The number of aliphatic carboxylic acids is 1. The Balaban J connectivity index is 2.22. The second-order valence-electron chi connectivity index (χ2n) is 5.89. The Kier molecular flexibility index (Phi) is 4.31. The van der Waals surface area contributed by atoms with Crippen LogP contribution in [0.4, 0.5) is 0 Å². The Hall–Kier alpha value is -1.58. The van der Waals surface area contributed by atoms with E-state index in [9.17, 15) is 9.59 Å². The van der Waals surface area contributed by atoms with E-state index in [1.54, 1.807) is 6.92 Å². The van der Waals surface area contributed by atoms with Gasteiger partial charge in [0, 0.05) is 24.8 Å². The molecule has 110 valence electrons. The van der Waals surface area contributed by atoms with E-state index in [1.807, 2.05) is 6.08 Å². The van der Waals surface area contributed by atoms with Crippen LogP contribution in [0.25, 0.3) is 0 Å². The first-order valence-electron chi connectivity index (χ1n) is 7.18. The predicted molar refractivity (Wildman–Crippen MR) is 75.1 cm³/mol. The van der Waals surface area contributed by atoms with Gasteiger partial charge in [-0.1, -0.05) is 23.6 Å². The third-order valence-corrected chi connectivity index (χ3v) is 4.38. The summed E-state index contributed by atoms with van der Waals surface area (Å²) < 4.78 is 5.43. The number of carbonyl (C=O) groups excluding carboxylic acids is 1. The fourth-order valence-corrected chi connectivity index (χ4v) is 3.61. The molecule has 0 spiro atoms. The van der Waals surface area contributed by atoms with Gasteiger partial charge >= 0.3 is 11.9 Å². The molecule has 3 atom stereocenters. The van der Waals surface area contributed by atoms with Crippen LogP contribution in [0.2, 0.25) is 0 Å². The standard InChI is InChI=1S/C16H22O4/c1-9-8-14(20-11(3)17)13-6-4-5-12(15(9)13)7-10(2)16(18)19/h7,12-14H,4-6,8H2,1-3H3,(H,18,19)/b10-7+/t12-,13?,14?/m0/s1. The van der Waals surface area contributed by atoms with Gasteiger partial charge in [0.15, 0.2) is 0 Å². The Labute approximate surface area is 119 Å². The number of hydrogen-bond acceptors (Lipinski definition) is 3. The van der Waals surface area contributed by atoms with Crippen molar-refractivity contribution in [2.75, 3.05) is 0 Å². The number of esters is 1. The van der Waals surface area contributed by atoms with Crippen molar-refractivity contribution in [2.24, 2.45) is 11.8 Å². The van der Waals surface area contributed by atoms with Crippen LogP contribution in [0.1, 0.15) is 46.5 Å². The minimum absolute atomic E-state index is 0.0520. The third kappa shape index (κ3) is 2.94.